The van der Waals surface area contributed by atoms with Gasteiger partial charge in [0.1, 0.15) is 5.75 Å². The van der Waals surface area contributed by atoms with Gasteiger partial charge in [-0.2, -0.15) is 0 Å². The summed E-state index contributed by atoms with van der Waals surface area (Å²) < 4.78 is 0. The lowest BCUT2D eigenvalue weighted by Gasteiger charge is -2.20. The molecule has 2 nitrogen and oxygen atoms in total. The number of carbonyl (C=O) groups is 1. The SMILES string of the molecule is CCCCCCCCCCCC(=O)c1cc(C(C)(C)C)ccc1O. The third-order valence-corrected chi connectivity index (χ3v) is 4.67. The van der Waals surface area contributed by atoms with Crippen LogP contribution in [0.25, 0.3) is 0 Å². The molecule has 1 aromatic carbocycles. The molecule has 0 aliphatic rings. The number of benzene rings is 1. The predicted molar refractivity (Wildman–Crippen MR) is 103 cm³/mol. The van der Waals surface area contributed by atoms with Gasteiger partial charge in [-0.15, -0.1) is 0 Å². The number of hydrogen-bond acceptors (Lipinski definition) is 2. The Morgan fingerprint density at radius 1 is 0.917 bits per heavy atom. The van der Waals surface area contributed by atoms with E-state index in [2.05, 4.69) is 27.7 Å². The van der Waals surface area contributed by atoms with Crippen LogP contribution in [0.4, 0.5) is 0 Å². The van der Waals surface area contributed by atoms with Gasteiger partial charge in [0.2, 0.25) is 0 Å². The van der Waals surface area contributed by atoms with E-state index in [1.807, 2.05) is 12.1 Å². The van der Waals surface area contributed by atoms with Crippen molar-refractivity contribution in [3.63, 3.8) is 0 Å². The molecule has 1 N–H and O–H groups in total. The molecule has 0 amide bonds. The Balaban J connectivity index is 2.33. The average Bonchev–Trinajstić information content (AvgIpc) is 2.52. The molecule has 0 unspecified atom stereocenters. The van der Waals surface area contributed by atoms with Crippen molar-refractivity contribution in [1.29, 1.82) is 0 Å². The van der Waals surface area contributed by atoms with Crippen LogP contribution in [-0.4, -0.2) is 10.9 Å². The van der Waals surface area contributed by atoms with Crippen LogP contribution in [0.2, 0.25) is 0 Å². The van der Waals surface area contributed by atoms with Crippen molar-refractivity contribution in [2.75, 3.05) is 0 Å². The maximum Gasteiger partial charge on any atom is 0.166 e. The van der Waals surface area contributed by atoms with Crippen molar-refractivity contribution >= 4 is 5.78 Å². The fraction of sp³-hybridized carbons (Fsp3) is 0.682. The quantitative estimate of drug-likeness (QED) is 0.357. The molecule has 0 saturated heterocycles. The van der Waals surface area contributed by atoms with Gasteiger partial charge in [0.05, 0.1) is 5.56 Å². The first-order valence-electron chi connectivity index (χ1n) is 9.73. The van der Waals surface area contributed by atoms with E-state index in [1.165, 1.54) is 44.9 Å². The summed E-state index contributed by atoms with van der Waals surface area (Å²) in [7, 11) is 0. The summed E-state index contributed by atoms with van der Waals surface area (Å²) in [6, 6.07) is 5.43. The Morgan fingerprint density at radius 3 is 2.00 bits per heavy atom. The standard InChI is InChI=1S/C22H36O2/c1-5-6-7-8-9-10-11-12-13-14-20(23)19-17-18(22(2,3)4)15-16-21(19)24/h15-17,24H,5-14H2,1-4H3. The first-order valence-corrected chi connectivity index (χ1v) is 9.73. The van der Waals surface area contributed by atoms with Crippen LogP contribution in [-0.2, 0) is 5.41 Å². The van der Waals surface area contributed by atoms with E-state index in [9.17, 15) is 9.90 Å². The minimum absolute atomic E-state index is 0.0134. The minimum atomic E-state index is -0.0134. The second-order valence-electron chi connectivity index (χ2n) is 7.98. The fourth-order valence-electron chi connectivity index (χ4n) is 2.96. The van der Waals surface area contributed by atoms with Gasteiger partial charge in [0.15, 0.2) is 5.78 Å². The third-order valence-electron chi connectivity index (χ3n) is 4.67. The number of Topliss-reactive ketones (excluding diaryl/α,β-unsaturated/α-hetero) is 1. The van der Waals surface area contributed by atoms with Crippen LogP contribution in [0.3, 0.4) is 0 Å². The molecule has 0 spiro atoms. The lowest BCUT2D eigenvalue weighted by Crippen LogP contribution is -2.12. The largest absolute Gasteiger partial charge is 0.507 e. The number of carbonyl (C=O) groups excluding carboxylic acids is 1. The molecular weight excluding hydrogens is 296 g/mol. The van der Waals surface area contributed by atoms with Crippen molar-refractivity contribution in [3.05, 3.63) is 29.3 Å². The molecular formula is C22H36O2. The highest BCUT2D eigenvalue weighted by molar-refractivity contribution is 5.98. The monoisotopic (exact) mass is 332 g/mol. The first kappa shape index (κ1) is 20.7. The van der Waals surface area contributed by atoms with Crippen molar-refractivity contribution in [2.24, 2.45) is 0 Å². The molecule has 0 aliphatic heterocycles. The van der Waals surface area contributed by atoms with E-state index in [0.717, 1.165) is 18.4 Å². The van der Waals surface area contributed by atoms with Crippen LogP contribution in [0.1, 0.15) is 108 Å². The highest BCUT2D eigenvalue weighted by Gasteiger charge is 2.18. The zero-order chi connectivity index (χ0) is 18.0. The van der Waals surface area contributed by atoms with Gasteiger partial charge in [-0.25, -0.2) is 0 Å². The van der Waals surface area contributed by atoms with Gasteiger partial charge < -0.3 is 5.11 Å². The van der Waals surface area contributed by atoms with Gasteiger partial charge in [-0.3, -0.25) is 4.79 Å². The average molecular weight is 333 g/mol. The second kappa shape index (κ2) is 10.5. The summed E-state index contributed by atoms with van der Waals surface area (Å²) in [6.45, 7) is 8.60. The van der Waals surface area contributed by atoms with E-state index in [-0.39, 0.29) is 16.9 Å². The molecule has 0 heterocycles. The molecule has 0 aromatic heterocycles. The maximum atomic E-state index is 12.4. The van der Waals surface area contributed by atoms with E-state index >= 15 is 0 Å². The molecule has 1 rings (SSSR count). The van der Waals surface area contributed by atoms with E-state index in [0.29, 0.717) is 12.0 Å². The van der Waals surface area contributed by atoms with Crippen molar-refractivity contribution in [3.8, 4) is 5.75 Å². The Hall–Kier alpha value is -1.31. The minimum Gasteiger partial charge on any atom is -0.507 e. The summed E-state index contributed by atoms with van der Waals surface area (Å²) in [4.78, 5) is 12.4. The second-order valence-corrected chi connectivity index (χ2v) is 7.98. The molecule has 0 atom stereocenters. The number of phenols is 1. The lowest BCUT2D eigenvalue weighted by atomic mass is 9.85. The molecule has 0 aliphatic carbocycles. The van der Waals surface area contributed by atoms with Crippen molar-refractivity contribution in [1.82, 2.24) is 0 Å². The molecule has 0 fully saturated rings. The zero-order valence-corrected chi connectivity index (χ0v) is 16.2. The van der Waals surface area contributed by atoms with Gasteiger partial charge in [0.25, 0.3) is 0 Å². The van der Waals surface area contributed by atoms with E-state index < -0.39 is 0 Å². The van der Waals surface area contributed by atoms with Crippen molar-refractivity contribution in [2.45, 2.75) is 97.3 Å². The number of unbranched alkanes of at least 4 members (excludes halogenated alkanes) is 8. The topological polar surface area (TPSA) is 37.3 Å². The van der Waals surface area contributed by atoms with Crippen LogP contribution in [0, 0.1) is 0 Å². The number of ketones is 1. The molecule has 24 heavy (non-hydrogen) atoms. The van der Waals surface area contributed by atoms with Crippen molar-refractivity contribution < 1.29 is 9.90 Å². The number of rotatable bonds is 11. The fourth-order valence-corrected chi connectivity index (χ4v) is 2.96. The summed E-state index contributed by atoms with van der Waals surface area (Å²) >= 11 is 0. The maximum absolute atomic E-state index is 12.4. The Bertz CT molecular complexity index is 497. The summed E-state index contributed by atoms with van der Waals surface area (Å²) in [6.07, 6.45) is 11.7. The molecule has 0 radical (unpaired) electrons. The number of hydrogen-bond donors (Lipinski definition) is 1. The number of phenolic OH excluding ortho intramolecular Hbond substituents is 1. The van der Waals surface area contributed by atoms with Crippen LogP contribution in [0.5, 0.6) is 5.75 Å². The third kappa shape index (κ3) is 7.51. The van der Waals surface area contributed by atoms with Gasteiger partial charge in [0, 0.05) is 6.42 Å². The lowest BCUT2D eigenvalue weighted by molar-refractivity contribution is 0.0976. The number of aromatic hydroxyl groups is 1. The van der Waals surface area contributed by atoms with E-state index in [4.69, 9.17) is 0 Å². The van der Waals surface area contributed by atoms with Crippen LogP contribution < -0.4 is 0 Å². The van der Waals surface area contributed by atoms with Crippen LogP contribution >= 0.6 is 0 Å². The predicted octanol–water partition coefficient (Wildman–Crippen LogP) is 6.79. The molecule has 0 saturated carbocycles. The van der Waals surface area contributed by atoms with Crippen LogP contribution in [0.15, 0.2) is 18.2 Å². The smallest absolute Gasteiger partial charge is 0.166 e. The summed E-state index contributed by atoms with van der Waals surface area (Å²) in [5.41, 5.74) is 1.57. The van der Waals surface area contributed by atoms with Gasteiger partial charge in [-0.1, -0.05) is 85.1 Å². The highest BCUT2D eigenvalue weighted by atomic mass is 16.3. The normalized spacial score (nSPS) is 11.7. The molecule has 0 bridgehead atoms. The Labute approximate surface area is 148 Å². The summed E-state index contributed by atoms with van der Waals surface area (Å²) in [5.74, 6) is 0.186. The van der Waals surface area contributed by atoms with Gasteiger partial charge in [-0.05, 0) is 29.5 Å². The summed E-state index contributed by atoms with van der Waals surface area (Å²) in [5, 5.41) is 9.99. The molecule has 136 valence electrons. The first-order chi connectivity index (χ1) is 11.4. The van der Waals surface area contributed by atoms with E-state index in [1.54, 1.807) is 6.07 Å². The Morgan fingerprint density at radius 2 is 1.46 bits per heavy atom. The zero-order valence-electron chi connectivity index (χ0n) is 16.2. The Kier molecular flexibility index (Phi) is 9.10. The molecule has 2 heteroatoms. The molecule has 1 aromatic rings. The van der Waals surface area contributed by atoms with Gasteiger partial charge >= 0.3 is 0 Å². The highest BCUT2D eigenvalue weighted by Crippen LogP contribution is 2.28.